The molecule has 0 aliphatic carbocycles. The molecule has 0 spiro atoms. The number of anilines is 1. The molecule has 2 atom stereocenters. The minimum Gasteiger partial charge on any atom is -0.496 e. The van der Waals surface area contributed by atoms with Gasteiger partial charge in [-0.1, -0.05) is 42.5 Å². The number of carbonyl (C=O) groups excluding carboxylic acids is 1. The molecular formula is C38H48N2O8. The van der Waals surface area contributed by atoms with E-state index in [1.807, 2.05) is 85.5 Å². The minimum atomic E-state index is -0.942. The summed E-state index contributed by atoms with van der Waals surface area (Å²) in [7, 11) is 3.32. The van der Waals surface area contributed by atoms with Crippen LogP contribution in [-0.2, 0) is 37.6 Å². The number of carbonyl (C=O) groups is 2. The first-order valence-electron chi connectivity index (χ1n) is 16.7. The van der Waals surface area contributed by atoms with Crippen LogP contribution in [-0.4, -0.2) is 81.8 Å². The Bertz CT molecular complexity index is 1530. The first kappa shape index (κ1) is 35.2. The van der Waals surface area contributed by atoms with E-state index in [1.165, 1.54) is 4.90 Å². The second-order valence-electron chi connectivity index (χ2n) is 12.9. The van der Waals surface area contributed by atoms with Crippen molar-refractivity contribution < 1.29 is 38.4 Å². The lowest BCUT2D eigenvalue weighted by atomic mass is 9.86. The highest BCUT2D eigenvalue weighted by atomic mass is 16.5. The van der Waals surface area contributed by atoms with Crippen LogP contribution < -0.4 is 14.4 Å². The number of ether oxygens (including phenoxy) is 5. The summed E-state index contributed by atoms with van der Waals surface area (Å²) in [6, 6.07) is 21.9. The molecule has 1 saturated heterocycles. The summed E-state index contributed by atoms with van der Waals surface area (Å²) in [5.74, 6) is 1.70. The molecule has 258 valence electrons. The van der Waals surface area contributed by atoms with E-state index in [1.54, 1.807) is 14.2 Å². The number of para-hydroxylation sites is 1. The SMILES string of the molecule is COCCCN1C(=O)C(C)(C)c2ccc(COC3CN(C(=O)O)CCC3c3ccc(OCCCOCc4ccccc4OC)cc3)cc21. The maximum Gasteiger partial charge on any atom is 0.407 e. The van der Waals surface area contributed by atoms with Crippen LogP contribution in [0.15, 0.2) is 66.7 Å². The average Bonchev–Trinajstić information content (AvgIpc) is 3.29. The number of benzene rings is 3. The Morgan fingerprint density at radius 3 is 2.50 bits per heavy atom. The van der Waals surface area contributed by atoms with Gasteiger partial charge in [0.15, 0.2) is 0 Å². The number of methoxy groups -OCH3 is 2. The van der Waals surface area contributed by atoms with Crippen LogP contribution in [0, 0.1) is 0 Å². The zero-order valence-corrected chi connectivity index (χ0v) is 28.5. The maximum atomic E-state index is 13.3. The van der Waals surface area contributed by atoms with Crippen LogP contribution in [0.25, 0.3) is 0 Å². The van der Waals surface area contributed by atoms with Crippen molar-refractivity contribution in [1.82, 2.24) is 4.90 Å². The number of likely N-dealkylation sites (tertiary alicyclic amines) is 1. The Kier molecular flexibility index (Phi) is 12.0. The van der Waals surface area contributed by atoms with Gasteiger partial charge in [-0.2, -0.15) is 0 Å². The van der Waals surface area contributed by atoms with E-state index in [0.29, 0.717) is 52.5 Å². The highest BCUT2D eigenvalue weighted by molar-refractivity contribution is 6.07. The first-order valence-corrected chi connectivity index (χ1v) is 16.7. The lowest BCUT2D eigenvalue weighted by molar-refractivity contribution is -0.122. The largest absolute Gasteiger partial charge is 0.496 e. The molecule has 2 amide bonds. The van der Waals surface area contributed by atoms with E-state index in [0.717, 1.165) is 52.3 Å². The van der Waals surface area contributed by atoms with Crippen molar-refractivity contribution in [3.63, 3.8) is 0 Å². The van der Waals surface area contributed by atoms with Crippen LogP contribution in [0.3, 0.4) is 0 Å². The van der Waals surface area contributed by atoms with Crippen molar-refractivity contribution in [2.75, 3.05) is 58.6 Å². The lowest BCUT2D eigenvalue weighted by Crippen LogP contribution is -2.46. The quantitative estimate of drug-likeness (QED) is 0.176. The minimum absolute atomic E-state index is 0.0264. The van der Waals surface area contributed by atoms with Gasteiger partial charge in [-0.05, 0) is 67.6 Å². The van der Waals surface area contributed by atoms with E-state index < -0.39 is 11.5 Å². The van der Waals surface area contributed by atoms with Gasteiger partial charge in [0.1, 0.15) is 11.5 Å². The summed E-state index contributed by atoms with van der Waals surface area (Å²) < 4.78 is 28.9. The standard InChI is InChI=1S/C38H48N2O8/c1-38(2)32-16-11-27(23-33(32)40(36(38)41)18-7-20-44-3)25-48-35-24-39(37(42)43)19-17-31(35)28-12-14-30(15-13-28)47-22-8-21-46-26-29-9-5-6-10-34(29)45-4/h5-6,9-16,23,31,35H,7-8,17-22,24-26H2,1-4H3,(H,42,43). The molecule has 0 radical (unpaired) electrons. The van der Waals surface area contributed by atoms with Crippen molar-refractivity contribution in [2.45, 2.75) is 63.8 Å². The Morgan fingerprint density at radius 1 is 0.958 bits per heavy atom. The van der Waals surface area contributed by atoms with E-state index in [9.17, 15) is 14.7 Å². The van der Waals surface area contributed by atoms with Gasteiger partial charge < -0.3 is 38.6 Å². The molecule has 10 heteroatoms. The van der Waals surface area contributed by atoms with E-state index in [4.69, 9.17) is 23.7 Å². The van der Waals surface area contributed by atoms with Crippen LogP contribution in [0.5, 0.6) is 11.5 Å². The monoisotopic (exact) mass is 660 g/mol. The van der Waals surface area contributed by atoms with E-state index >= 15 is 0 Å². The van der Waals surface area contributed by atoms with Gasteiger partial charge in [0.05, 0.1) is 51.6 Å². The molecule has 10 nitrogen and oxygen atoms in total. The summed E-state index contributed by atoms with van der Waals surface area (Å²) in [6.07, 6.45) is 0.880. The Labute approximate surface area is 283 Å². The van der Waals surface area contributed by atoms with E-state index in [2.05, 4.69) is 0 Å². The van der Waals surface area contributed by atoms with Crippen molar-refractivity contribution in [1.29, 1.82) is 0 Å². The zero-order chi connectivity index (χ0) is 34.1. The third-order valence-corrected chi connectivity index (χ3v) is 9.29. The number of carboxylic acid groups (broad SMARTS) is 1. The van der Waals surface area contributed by atoms with Gasteiger partial charge in [-0.25, -0.2) is 4.79 Å². The third-order valence-electron chi connectivity index (χ3n) is 9.29. The smallest absolute Gasteiger partial charge is 0.407 e. The summed E-state index contributed by atoms with van der Waals surface area (Å²) in [4.78, 5) is 28.4. The molecule has 0 saturated carbocycles. The van der Waals surface area contributed by atoms with Crippen molar-refractivity contribution in [3.8, 4) is 11.5 Å². The van der Waals surface area contributed by atoms with Crippen molar-refractivity contribution in [3.05, 3.63) is 89.0 Å². The molecule has 2 unspecified atom stereocenters. The van der Waals surface area contributed by atoms with Crippen molar-refractivity contribution in [2.24, 2.45) is 0 Å². The van der Waals surface area contributed by atoms with Crippen LogP contribution >= 0.6 is 0 Å². The van der Waals surface area contributed by atoms with Crippen LogP contribution in [0.1, 0.15) is 61.3 Å². The van der Waals surface area contributed by atoms with Gasteiger partial charge in [-0.3, -0.25) is 4.79 Å². The van der Waals surface area contributed by atoms with E-state index in [-0.39, 0.29) is 24.5 Å². The van der Waals surface area contributed by atoms with Gasteiger partial charge >= 0.3 is 6.09 Å². The molecule has 5 rings (SSSR count). The molecule has 1 N–H and O–H groups in total. The highest BCUT2D eigenvalue weighted by Crippen LogP contribution is 2.42. The normalized spacial score (nSPS) is 18.5. The molecule has 0 bridgehead atoms. The number of amides is 2. The maximum absolute atomic E-state index is 13.3. The third kappa shape index (κ3) is 8.29. The predicted molar refractivity (Wildman–Crippen MR) is 183 cm³/mol. The molecule has 1 fully saturated rings. The first-order chi connectivity index (χ1) is 23.2. The molecule has 2 aliphatic heterocycles. The Hall–Kier alpha value is -4.12. The molecule has 2 heterocycles. The van der Waals surface area contributed by atoms with Gasteiger partial charge in [-0.15, -0.1) is 0 Å². The average molecular weight is 661 g/mol. The zero-order valence-electron chi connectivity index (χ0n) is 28.5. The second kappa shape index (κ2) is 16.3. The van der Waals surface area contributed by atoms with Crippen molar-refractivity contribution >= 4 is 17.7 Å². The van der Waals surface area contributed by atoms with Gasteiger partial charge in [0.25, 0.3) is 0 Å². The molecule has 3 aromatic rings. The summed E-state index contributed by atoms with van der Waals surface area (Å²) in [6.45, 7) is 7.72. The fourth-order valence-corrected chi connectivity index (χ4v) is 6.58. The number of piperidine rings is 1. The molecule has 48 heavy (non-hydrogen) atoms. The molecule has 2 aliphatic rings. The van der Waals surface area contributed by atoms with Gasteiger partial charge in [0, 0.05) is 50.4 Å². The second-order valence-corrected chi connectivity index (χ2v) is 12.9. The number of fused-ring (bicyclic) bond motifs is 1. The number of rotatable bonds is 16. The fraction of sp³-hybridized carbons (Fsp3) is 0.474. The summed E-state index contributed by atoms with van der Waals surface area (Å²) >= 11 is 0. The van der Waals surface area contributed by atoms with Gasteiger partial charge in [0.2, 0.25) is 5.91 Å². The highest BCUT2D eigenvalue weighted by Gasteiger charge is 2.43. The number of nitrogens with zero attached hydrogens (tertiary/aromatic N) is 2. The van der Waals surface area contributed by atoms with Crippen LogP contribution in [0.4, 0.5) is 10.5 Å². The molecular weight excluding hydrogens is 612 g/mol. The summed E-state index contributed by atoms with van der Waals surface area (Å²) in [5.41, 5.74) is 4.36. The number of hydrogen-bond donors (Lipinski definition) is 1. The number of hydrogen-bond acceptors (Lipinski definition) is 7. The topological polar surface area (TPSA) is 107 Å². The fourth-order valence-electron chi connectivity index (χ4n) is 6.58. The van der Waals surface area contributed by atoms with Crippen LogP contribution in [0.2, 0.25) is 0 Å². The molecule has 0 aromatic heterocycles. The predicted octanol–water partition coefficient (Wildman–Crippen LogP) is 6.39. The lowest BCUT2D eigenvalue weighted by Gasteiger charge is -2.37. The Balaban J connectivity index is 1.17. The Morgan fingerprint density at radius 2 is 1.75 bits per heavy atom. The summed E-state index contributed by atoms with van der Waals surface area (Å²) in [5, 5.41) is 9.74. The molecule has 3 aromatic carbocycles.